The van der Waals surface area contributed by atoms with Crippen molar-refractivity contribution in [3.05, 3.63) is 0 Å². The van der Waals surface area contributed by atoms with Gasteiger partial charge in [0.05, 0.1) is 0 Å². The van der Waals surface area contributed by atoms with Crippen LogP contribution in [0.4, 0.5) is 0 Å². The van der Waals surface area contributed by atoms with E-state index in [0.29, 0.717) is 0 Å². The molecule has 0 aromatic carbocycles. The topological polar surface area (TPSA) is 12.0 Å². The van der Waals surface area contributed by atoms with Gasteiger partial charge in [-0.3, -0.25) is 0 Å². The Morgan fingerprint density at radius 1 is 1.23 bits per heavy atom. The molecule has 5 atom stereocenters. The highest BCUT2D eigenvalue weighted by Gasteiger charge is 2.37. The van der Waals surface area contributed by atoms with Crippen LogP contribution in [0.3, 0.4) is 0 Å². The highest BCUT2D eigenvalue weighted by Crippen LogP contribution is 2.38. The summed E-state index contributed by atoms with van der Waals surface area (Å²) in [6.07, 6.45) is 1.35. The van der Waals surface area contributed by atoms with Crippen LogP contribution in [0.2, 0.25) is 0 Å². The fourth-order valence-electron chi connectivity index (χ4n) is 2.10. The van der Waals surface area contributed by atoms with Crippen LogP contribution in [0.5, 0.6) is 0 Å². The molecule has 1 rings (SSSR count). The summed E-state index contributed by atoms with van der Waals surface area (Å²) < 4.78 is 1.68. The molecule has 0 bridgehead atoms. The molecule has 0 radical (unpaired) electrons. The van der Waals surface area contributed by atoms with E-state index in [2.05, 4.69) is 71.3 Å². The summed E-state index contributed by atoms with van der Waals surface area (Å²) in [6, 6.07) is 0.743. The Kier molecular flexibility index (Phi) is 5.27. The lowest BCUT2D eigenvalue weighted by Gasteiger charge is -2.40. The smallest absolute Gasteiger partial charge is 0.0270 e. The summed E-state index contributed by atoms with van der Waals surface area (Å²) in [6.45, 7) is 8.09. The first-order valence-electron chi connectivity index (χ1n) is 5.09. The molecule has 1 saturated carbocycles. The molecule has 1 fully saturated rings. The number of alkyl halides is 2. The van der Waals surface area contributed by atoms with E-state index in [4.69, 9.17) is 0 Å². The predicted molar refractivity (Wildman–Crippen MR) is 76.0 cm³/mol. The van der Waals surface area contributed by atoms with Crippen LogP contribution in [0.25, 0.3) is 0 Å². The highest BCUT2D eigenvalue weighted by molar-refractivity contribution is 14.1. The summed E-state index contributed by atoms with van der Waals surface area (Å²) in [7, 11) is 0. The first-order chi connectivity index (χ1) is 6.07. The second kappa shape index (κ2) is 5.49. The highest BCUT2D eigenvalue weighted by atomic mass is 127. The Morgan fingerprint density at radius 2 is 1.85 bits per heavy atom. The molecule has 5 unspecified atom stereocenters. The molecule has 13 heavy (non-hydrogen) atoms. The summed E-state index contributed by atoms with van der Waals surface area (Å²) in [5.74, 6) is 1.68. The van der Waals surface area contributed by atoms with Crippen LogP contribution < -0.4 is 5.32 Å². The summed E-state index contributed by atoms with van der Waals surface area (Å²) in [5, 5.41) is 3.61. The van der Waals surface area contributed by atoms with E-state index in [1.165, 1.54) is 6.42 Å². The zero-order valence-corrected chi connectivity index (χ0v) is 12.9. The molecule has 0 aliphatic heterocycles. The molecular weight excluding hydrogens is 388 g/mol. The van der Waals surface area contributed by atoms with Gasteiger partial charge in [0.25, 0.3) is 0 Å². The van der Waals surface area contributed by atoms with Crippen LogP contribution in [0, 0.1) is 11.8 Å². The van der Waals surface area contributed by atoms with Gasteiger partial charge in [0.15, 0.2) is 0 Å². The molecule has 0 aromatic heterocycles. The lowest BCUT2D eigenvalue weighted by molar-refractivity contribution is 0.259. The van der Waals surface area contributed by atoms with Crippen molar-refractivity contribution in [2.24, 2.45) is 11.8 Å². The number of hydrogen-bond donors (Lipinski definition) is 1. The van der Waals surface area contributed by atoms with Gasteiger partial charge < -0.3 is 5.32 Å². The van der Waals surface area contributed by atoms with Gasteiger partial charge in [-0.05, 0) is 24.8 Å². The van der Waals surface area contributed by atoms with Crippen molar-refractivity contribution in [3.63, 3.8) is 0 Å². The predicted octanol–water partition coefficient (Wildman–Crippen LogP) is 3.25. The SMILES string of the molecule is CCNC1CC(C)C(I)C(I)C1C. The molecule has 0 amide bonds. The molecule has 1 N–H and O–H groups in total. The van der Waals surface area contributed by atoms with Crippen molar-refractivity contribution in [2.45, 2.75) is 41.1 Å². The van der Waals surface area contributed by atoms with E-state index in [1.807, 2.05) is 0 Å². The third kappa shape index (κ3) is 2.93. The quantitative estimate of drug-likeness (QED) is 0.548. The van der Waals surface area contributed by atoms with Gasteiger partial charge in [-0.1, -0.05) is 66.0 Å². The van der Waals surface area contributed by atoms with Gasteiger partial charge in [-0.15, -0.1) is 0 Å². The Morgan fingerprint density at radius 3 is 2.38 bits per heavy atom. The number of nitrogens with one attached hydrogen (secondary N) is 1. The largest absolute Gasteiger partial charge is 0.314 e. The zero-order chi connectivity index (χ0) is 10.0. The molecule has 78 valence electrons. The van der Waals surface area contributed by atoms with Crippen molar-refractivity contribution in [1.29, 1.82) is 0 Å². The number of rotatable bonds is 2. The Bertz CT molecular complexity index is 163. The minimum atomic E-state index is 0.743. The molecule has 1 aliphatic rings. The summed E-state index contributed by atoms with van der Waals surface area (Å²) in [5.41, 5.74) is 0. The number of hydrogen-bond acceptors (Lipinski definition) is 1. The summed E-state index contributed by atoms with van der Waals surface area (Å²) in [4.78, 5) is 0. The van der Waals surface area contributed by atoms with Gasteiger partial charge >= 0.3 is 0 Å². The van der Waals surface area contributed by atoms with Crippen molar-refractivity contribution in [2.75, 3.05) is 6.54 Å². The minimum Gasteiger partial charge on any atom is -0.314 e. The third-order valence-corrected chi connectivity index (χ3v) is 8.36. The van der Waals surface area contributed by atoms with Crippen LogP contribution in [-0.4, -0.2) is 20.4 Å². The molecule has 1 nitrogen and oxygen atoms in total. The lowest BCUT2D eigenvalue weighted by Crippen LogP contribution is -2.48. The third-order valence-electron chi connectivity index (χ3n) is 3.08. The van der Waals surface area contributed by atoms with Crippen LogP contribution >= 0.6 is 45.2 Å². The van der Waals surface area contributed by atoms with Gasteiger partial charge in [0, 0.05) is 13.9 Å². The normalized spacial score (nSPS) is 46.4. The molecular formula is C10H19I2N. The van der Waals surface area contributed by atoms with Crippen LogP contribution in [0.15, 0.2) is 0 Å². The second-order valence-corrected chi connectivity index (χ2v) is 7.00. The van der Waals surface area contributed by atoms with Gasteiger partial charge in [0.2, 0.25) is 0 Å². The minimum absolute atomic E-state index is 0.743. The molecule has 3 heteroatoms. The zero-order valence-electron chi connectivity index (χ0n) is 8.56. The average Bonchev–Trinajstić information content (AvgIpc) is 2.11. The Balaban J connectivity index is 2.59. The maximum atomic E-state index is 3.61. The van der Waals surface area contributed by atoms with Crippen molar-refractivity contribution >= 4 is 45.2 Å². The molecule has 0 spiro atoms. The van der Waals surface area contributed by atoms with Crippen molar-refractivity contribution in [3.8, 4) is 0 Å². The number of halogens is 2. The van der Waals surface area contributed by atoms with Crippen LogP contribution in [-0.2, 0) is 0 Å². The summed E-state index contributed by atoms with van der Waals surface area (Å²) >= 11 is 5.26. The van der Waals surface area contributed by atoms with E-state index in [9.17, 15) is 0 Å². The maximum Gasteiger partial charge on any atom is 0.0270 e. The monoisotopic (exact) mass is 407 g/mol. The Hall–Kier alpha value is 1.42. The van der Waals surface area contributed by atoms with E-state index in [1.54, 1.807) is 0 Å². The molecule has 0 heterocycles. The lowest BCUT2D eigenvalue weighted by atomic mass is 9.80. The van der Waals surface area contributed by atoms with Crippen LogP contribution in [0.1, 0.15) is 27.2 Å². The van der Waals surface area contributed by atoms with E-state index >= 15 is 0 Å². The fraction of sp³-hybridized carbons (Fsp3) is 1.00. The molecule has 0 aromatic rings. The first-order valence-corrected chi connectivity index (χ1v) is 7.58. The molecule has 0 saturated heterocycles. The fourth-order valence-corrected chi connectivity index (χ4v) is 4.26. The van der Waals surface area contributed by atoms with E-state index in [-0.39, 0.29) is 0 Å². The molecule has 1 aliphatic carbocycles. The second-order valence-electron chi connectivity index (χ2n) is 4.13. The van der Waals surface area contributed by atoms with Gasteiger partial charge in [-0.25, -0.2) is 0 Å². The van der Waals surface area contributed by atoms with E-state index in [0.717, 1.165) is 32.3 Å². The standard InChI is InChI=1S/C10H19I2N/c1-4-13-8-5-6(2)9(11)10(12)7(8)3/h6-10,13H,4-5H2,1-3H3. The van der Waals surface area contributed by atoms with Gasteiger partial charge in [0.1, 0.15) is 0 Å². The average molecular weight is 407 g/mol. The van der Waals surface area contributed by atoms with Crippen molar-refractivity contribution in [1.82, 2.24) is 5.32 Å². The van der Waals surface area contributed by atoms with Crippen molar-refractivity contribution < 1.29 is 0 Å². The Labute approximate surface area is 109 Å². The van der Waals surface area contributed by atoms with Gasteiger partial charge in [-0.2, -0.15) is 0 Å². The first kappa shape index (κ1) is 12.5. The maximum absolute atomic E-state index is 3.61. The van der Waals surface area contributed by atoms with E-state index < -0.39 is 0 Å².